The van der Waals surface area contributed by atoms with E-state index in [1.54, 1.807) is 24.3 Å². The minimum absolute atomic E-state index is 0.140. The third kappa shape index (κ3) is 5.30. The van der Waals surface area contributed by atoms with Crippen LogP contribution < -0.4 is 5.14 Å². The molecule has 0 saturated heterocycles. The molecule has 1 atom stereocenters. The molecule has 0 radical (unpaired) electrons. The highest BCUT2D eigenvalue weighted by atomic mass is 32.2. The summed E-state index contributed by atoms with van der Waals surface area (Å²) in [5.74, 6) is 0. The number of hydrogen-bond donors (Lipinski definition) is 1. The van der Waals surface area contributed by atoms with Gasteiger partial charge in [-0.15, -0.1) is 0 Å². The minimum Gasteiger partial charge on any atom is -0.287 e. The minimum atomic E-state index is -3.62. The van der Waals surface area contributed by atoms with Crippen molar-refractivity contribution in [2.45, 2.75) is 37.6 Å². The molecule has 122 valence electrons. The number of hydrogen-bond acceptors (Lipinski definition) is 3. The molecule has 2 rings (SSSR count). The van der Waals surface area contributed by atoms with Crippen molar-refractivity contribution in [2.75, 3.05) is 0 Å². The van der Waals surface area contributed by atoms with Gasteiger partial charge in [0, 0.05) is 5.71 Å². The molecule has 0 aromatic heterocycles. The van der Waals surface area contributed by atoms with Crippen molar-refractivity contribution in [3.8, 4) is 0 Å². The summed E-state index contributed by atoms with van der Waals surface area (Å²) in [5.41, 5.74) is 3.35. The first kappa shape index (κ1) is 17.4. The number of nitrogens with two attached hydrogens (primary N) is 1. The van der Waals surface area contributed by atoms with Crippen LogP contribution in [-0.4, -0.2) is 14.1 Å². The maximum Gasteiger partial charge on any atom is 0.238 e. The molecular formula is C18H22N2O2S. The van der Waals surface area contributed by atoms with Gasteiger partial charge in [-0.05, 0) is 49.9 Å². The van der Waals surface area contributed by atoms with Crippen LogP contribution in [0.1, 0.15) is 37.4 Å². The first-order chi connectivity index (χ1) is 10.9. The van der Waals surface area contributed by atoms with Gasteiger partial charge in [0.05, 0.1) is 10.9 Å². The quantitative estimate of drug-likeness (QED) is 0.823. The van der Waals surface area contributed by atoms with Crippen molar-refractivity contribution in [1.82, 2.24) is 0 Å². The predicted octanol–water partition coefficient (Wildman–Crippen LogP) is 3.49. The SMILES string of the molecule is CC(CCc1ccc(S(N)(=O)=O)cc1)=NC(C)c1ccccc1. The van der Waals surface area contributed by atoms with Crippen LogP contribution in [0, 0.1) is 0 Å². The van der Waals surface area contributed by atoms with Crippen molar-refractivity contribution in [3.63, 3.8) is 0 Å². The Morgan fingerprint density at radius 2 is 1.70 bits per heavy atom. The molecule has 2 aromatic rings. The fourth-order valence-electron chi connectivity index (χ4n) is 2.37. The highest BCUT2D eigenvalue weighted by molar-refractivity contribution is 7.89. The first-order valence-electron chi connectivity index (χ1n) is 7.56. The molecule has 0 heterocycles. The average Bonchev–Trinajstić information content (AvgIpc) is 2.53. The topological polar surface area (TPSA) is 72.5 Å². The molecule has 2 N–H and O–H groups in total. The number of primary sulfonamides is 1. The van der Waals surface area contributed by atoms with Crippen LogP contribution in [0.15, 0.2) is 64.5 Å². The van der Waals surface area contributed by atoms with Crippen LogP contribution in [0.4, 0.5) is 0 Å². The largest absolute Gasteiger partial charge is 0.287 e. The van der Waals surface area contributed by atoms with E-state index in [1.165, 1.54) is 5.56 Å². The molecule has 5 heteroatoms. The van der Waals surface area contributed by atoms with E-state index >= 15 is 0 Å². The summed E-state index contributed by atoms with van der Waals surface area (Å²) in [4.78, 5) is 4.86. The first-order valence-corrected chi connectivity index (χ1v) is 9.11. The van der Waals surface area contributed by atoms with Crippen LogP contribution in [0.2, 0.25) is 0 Å². The Labute approximate surface area is 138 Å². The fourth-order valence-corrected chi connectivity index (χ4v) is 2.89. The molecule has 0 amide bonds. The van der Waals surface area contributed by atoms with Gasteiger partial charge in [-0.1, -0.05) is 42.5 Å². The summed E-state index contributed by atoms with van der Waals surface area (Å²) in [6.45, 7) is 4.11. The zero-order valence-corrected chi connectivity index (χ0v) is 14.3. The van der Waals surface area contributed by atoms with E-state index in [1.807, 2.05) is 25.1 Å². The summed E-state index contributed by atoms with van der Waals surface area (Å²) < 4.78 is 22.4. The summed E-state index contributed by atoms with van der Waals surface area (Å²) in [5, 5.41) is 5.09. The van der Waals surface area contributed by atoms with Gasteiger partial charge in [0.25, 0.3) is 0 Å². The van der Waals surface area contributed by atoms with Crippen LogP contribution in [0.5, 0.6) is 0 Å². The third-order valence-corrected chi connectivity index (χ3v) is 4.65. The maximum absolute atomic E-state index is 11.2. The Hall–Kier alpha value is -1.98. The van der Waals surface area contributed by atoms with E-state index in [9.17, 15) is 8.42 Å². The summed E-state index contributed by atoms with van der Waals surface area (Å²) in [6, 6.07) is 17.0. The van der Waals surface area contributed by atoms with E-state index < -0.39 is 10.0 Å². The number of benzene rings is 2. The Morgan fingerprint density at radius 1 is 1.09 bits per heavy atom. The lowest BCUT2D eigenvalue weighted by Gasteiger charge is -2.09. The second-order valence-electron chi connectivity index (χ2n) is 5.64. The maximum atomic E-state index is 11.2. The normalized spacial score (nSPS) is 13.8. The zero-order valence-electron chi connectivity index (χ0n) is 13.4. The standard InChI is InChI=1S/C18H22N2O2S/c1-14(20-15(2)17-6-4-3-5-7-17)8-9-16-10-12-18(13-11-16)23(19,21)22/h3-7,10-13,15H,8-9H2,1-2H3,(H2,19,21,22). The van der Waals surface area contributed by atoms with Gasteiger partial charge in [0.1, 0.15) is 0 Å². The van der Waals surface area contributed by atoms with Gasteiger partial charge >= 0.3 is 0 Å². The van der Waals surface area contributed by atoms with Crippen molar-refractivity contribution in [1.29, 1.82) is 0 Å². The molecule has 0 spiro atoms. The molecule has 23 heavy (non-hydrogen) atoms. The molecule has 0 fully saturated rings. The van der Waals surface area contributed by atoms with E-state index in [4.69, 9.17) is 10.1 Å². The van der Waals surface area contributed by atoms with Crippen molar-refractivity contribution >= 4 is 15.7 Å². The van der Waals surface area contributed by atoms with Gasteiger partial charge in [0.2, 0.25) is 10.0 Å². The molecular weight excluding hydrogens is 308 g/mol. The van der Waals surface area contributed by atoms with Crippen LogP contribution in [-0.2, 0) is 16.4 Å². The Bertz CT molecular complexity index is 766. The summed E-state index contributed by atoms with van der Waals surface area (Å²) in [6.07, 6.45) is 1.66. The molecule has 0 bridgehead atoms. The van der Waals surface area contributed by atoms with Gasteiger partial charge in [-0.25, -0.2) is 13.6 Å². The van der Waals surface area contributed by atoms with E-state index in [-0.39, 0.29) is 10.9 Å². The average molecular weight is 330 g/mol. The number of aryl methyl sites for hydroxylation is 1. The molecule has 0 aliphatic heterocycles. The lowest BCUT2D eigenvalue weighted by atomic mass is 10.1. The molecule has 0 aliphatic rings. The van der Waals surface area contributed by atoms with Gasteiger partial charge < -0.3 is 0 Å². The molecule has 4 nitrogen and oxygen atoms in total. The Balaban J connectivity index is 1.96. The number of aliphatic imine (C=N–C) groups is 1. The summed E-state index contributed by atoms with van der Waals surface area (Å²) in [7, 11) is -3.62. The van der Waals surface area contributed by atoms with Crippen molar-refractivity contribution < 1.29 is 8.42 Å². The summed E-state index contributed by atoms with van der Waals surface area (Å²) >= 11 is 0. The number of rotatable bonds is 6. The molecule has 0 saturated carbocycles. The monoisotopic (exact) mass is 330 g/mol. The highest BCUT2D eigenvalue weighted by Gasteiger charge is 2.07. The third-order valence-electron chi connectivity index (χ3n) is 3.72. The predicted molar refractivity (Wildman–Crippen MR) is 94.1 cm³/mol. The Kier molecular flexibility index (Phi) is 5.69. The van der Waals surface area contributed by atoms with Gasteiger partial charge in [-0.3, -0.25) is 4.99 Å². The zero-order chi connectivity index (χ0) is 16.9. The van der Waals surface area contributed by atoms with Gasteiger partial charge in [-0.2, -0.15) is 0 Å². The number of sulfonamides is 1. The molecule has 1 unspecified atom stereocenters. The smallest absolute Gasteiger partial charge is 0.238 e. The number of nitrogens with zero attached hydrogens (tertiary/aromatic N) is 1. The van der Waals surface area contributed by atoms with E-state index in [0.29, 0.717) is 0 Å². The lowest BCUT2D eigenvalue weighted by Crippen LogP contribution is -2.11. The second-order valence-corrected chi connectivity index (χ2v) is 7.20. The van der Waals surface area contributed by atoms with E-state index in [0.717, 1.165) is 24.1 Å². The molecule has 0 aliphatic carbocycles. The van der Waals surface area contributed by atoms with Crippen LogP contribution >= 0.6 is 0 Å². The second kappa shape index (κ2) is 7.53. The van der Waals surface area contributed by atoms with E-state index in [2.05, 4.69) is 19.1 Å². The highest BCUT2D eigenvalue weighted by Crippen LogP contribution is 2.17. The molecule has 2 aromatic carbocycles. The van der Waals surface area contributed by atoms with Crippen LogP contribution in [0.25, 0.3) is 0 Å². The van der Waals surface area contributed by atoms with Crippen LogP contribution in [0.3, 0.4) is 0 Å². The van der Waals surface area contributed by atoms with Crippen molar-refractivity contribution in [2.24, 2.45) is 10.1 Å². The van der Waals surface area contributed by atoms with Gasteiger partial charge in [0.15, 0.2) is 0 Å². The Morgan fingerprint density at radius 3 is 2.26 bits per heavy atom. The fraction of sp³-hybridized carbons (Fsp3) is 0.278. The van der Waals surface area contributed by atoms with Crippen molar-refractivity contribution in [3.05, 3.63) is 65.7 Å². The lowest BCUT2D eigenvalue weighted by molar-refractivity contribution is 0.598.